The van der Waals surface area contributed by atoms with Gasteiger partial charge in [-0.2, -0.15) is 0 Å². The molecule has 0 unspecified atom stereocenters. The van der Waals surface area contributed by atoms with E-state index in [0.29, 0.717) is 6.54 Å². The lowest BCUT2D eigenvalue weighted by molar-refractivity contribution is -0.116. The van der Waals surface area contributed by atoms with Crippen LogP contribution in [0.3, 0.4) is 0 Å². The fourth-order valence-corrected chi connectivity index (χ4v) is 1.46. The Balaban J connectivity index is 1.72. The first-order valence-corrected chi connectivity index (χ1v) is 5.68. The van der Waals surface area contributed by atoms with E-state index in [0.717, 1.165) is 17.7 Å². The predicted molar refractivity (Wildman–Crippen MR) is 68.6 cm³/mol. The molecule has 0 saturated carbocycles. The maximum atomic E-state index is 11.5. The lowest BCUT2D eigenvalue weighted by Gasteiger charge is -2.01. The SMILES string of the molecule is O=C(/C=C/c1c[nH]cn1)NCCc1ccncc1. The van der Waals surface area contributed by atoms with E-state index in [1.807, 2.05) is 12.1 Å². The quantitative estimate of drug-likeness (QED) is 0.773. The van der Waals surface area contributed by atoms with Crippen molar-refractivity contribution in [3.05, 3.63) is 54.4 Å². The van der Waals surface area contributed by atoms with Gasteiger partial charge >= 0.3 is 0 Å². The molecule has 0 aliphatic rings. The zero-order valence-corrected chi connectivity index (χ0v) is 9.84. The smallest absolute Gasteiger partial charge is 0.244 e. The zero-order valence-electron chi connectivity index (χ0n) is 9.84. The van der Waals surface area contributed by atoms with Gasteiger partial charge in [0.15, 0.2) is 0 Å². The maximum absolute atomic E-state index is 11.5. The Labute approximate surface area is 105 Å². The number of carbonyl (C=O) groups excluding carboxylic acids is 1. The minimum Gasteiger partial charge on any atom is -0.352 e. The summed E-state index contributed by atoms with van der Waals surface area (Å²) in [7, 11) is 0. The molecule has 0 fully saturated rings. The predicted octanol–water partition coefficient (Wildman–Crippen LogP) is 1.18. The van der Waals surface area contributed by atoms with Gasteiger partial charge in [0.05, 0.1) is 12.0 Å². The van der Waals surface area contributed by atoms with Crippen molar-refractivity contribution in [1.82, 2.24) is 20.3 Å². The Morgan fingerprint density at radius 1 is 1.39 bits per heavy atom. The molecule has 0 radical (unpaired) electrons. The lowest BCUT2D eigenvalue weighted by Crippen LogP contribution is -2.23. The number of hydrogen-bond donors (Lipinski definition) is 2. The number of amides is 1. The second-order valence-corrected chi connectivity index (χ2v) is 3.72. The molecule has 92 valence electrons. The first kappa shape index (κ1) is 12.0. The van der Waals surface area contributed by atoms with E-state index < -0.39 is 0 Å². The van der Waals surface area contributed by atoms with Crippen LogP contribution >= 0.6 is 0 Å². The second kappa shape index (κ2) is 6.34. The number of nitrogens with one attached hydrogen (secondary N) is 2. The Kier molecular flexibility index (Phi) is 4.24. The summed E-state index contributed by atoms with van der Waals surface area (Å²) in [5.41, 5.74) is 1.89. The van der Waals surface area contributed by atoms with Gasteiger partial charge in [-0.3, -0.25) is 9.78 Å². The standard InChI is InChI=1S/C13H14N4O/c18-13(2-1-12-9-15-10-17-12)16-8-5-11-3-6-14-7-4-11/h1-4,6-7,9-10H,5,8H2,(H,15,17)(H,16,18)/b2-1+. The molecule has 5 heteroatoms. The van der Waals surface area contributed by atoms with Gasteiger partial charge in [-0.25, -0.2) is 4.98 Å². The highest BCUT2D eigenvalue weighted by Crippen LogP contribution is 1.96. The first-order chi connectivity index (χ1) is 8.84. The molecule has 0 aliphatic heterocycles. The normalized spacial score (nSPS) is 10.7. The number of H-pyrrole nitrogens is 1. The van der Waals surface area contributed by atoms with E-state index in [2.05, 4.69) is 20.3 Å². The van der Waals surface area contributed by atoms with Crippen LogP contribution in [0.15, 0.2) is 43.1 Å². The number of imidazole rings is 1. The highest BCUT2D eigenvalue weighted by molar-refractivity contribution is 5.91. The average Bonchev–Trinajstić information content (AvgIpc) is 2.91. The van der Waals surface area contributed by atoms with Crippen LogP contribution in [0.2, 0.25) is 0 Å². The van der Waals surface area contributed by atoms with Crippen molar-refractivity contribution in [2.24, 2.45) is 0 Å². The molecule has 0 atom stereocenters. The third-order valence-corrected chi connectivity index (χ3v) is 2.39. The third-order valence-electron chi connectivity index (χ3n) is 2.39. The minimum atomic E-state index is -0.118. The summed E-state index contributed by atoms with van der Waals surface area (Å²) in [6, 6.07) is 3.87. The Hall–Kier alpha value is -2.43. The fourth-order valence-electron chi connectivity index (χ4n) is 1.46. The van der Waals surface area contributed by atoms with Gasteiger partial charge < -0.3 is 10.3 Å². The number of nitrogens with zero attached hydrogens (tertiary/aromatic N) is 2. The van der Waals surface area contributed by atoms with Gasteiger partial charge in [-0.15, -0.1) is 0 Å². The molecule has 5 nitrogen and oxygen atoms in total. The summed E-state index contributed by atoms with van der Waals surface area (Å²) in [5.74, 6) is -0.118. The molecule has 18 heavy (non-hydrogen) atoms. The lowest BCUT2D eigenvalue weighted by atomic mass is 10.2. The maximum Gasteiger partial charge on any atom is 0.244 e. The molecule has 2 N–H and O–H groups in total. The van der Waals surface area contributed by atoms with Crippen molar-refractivity contribution in [3.63, 3.8) is 0 Å². The van der Waals surface area contributed by atoms with Crippen LogP contribution in [0.1, 0.15) is 11.3 Å². The van der Waals surface area contributed by atoms with Gasteiger partial charge in [0.25, 0.3) is 0 Å². The Bertz CT molecular complexity index is 505. The van der Waals surface area contributed by atoms with Crippen molar-refractivity contribution in [3.8, 4) is 0 Å². The molecule has 1 amide bonds. The fraction of sp³-hybridized carbons (Fsp3) is 0.154. The Morgan fingerprint density at radius 2 is 2.22 bits per heavy atom. The second-order valence-electron chi connectivity index (χ2n) is 3.72. The van der Waals surface area contributed by atoms with E-state index >= 15 is 0 Å². The highest BCUT2D eigenvalue weighted by atomic mass is 16.1. The number of rotatable bonds is 5. The van der Waals surface area contributed by atoms with E-state index in [1.165, 1.54) is 6.08 Å². The van der Waals surface area contributed by atoms with Gasteiger partial charge in [0, 0.05) is 31.2 Å². The van der Waals surface area contributed by atoms with E-state index in [4.69, 9.17) is 0 Å². The molecule has 2 heterocycles. The topological polar surface area (TPSA) is 70.7 Å². The molecule has 0 saturated heterocycles. The summed E-state index contributed by atoms with van der Waals surface area (Å²) >= 11 is 0. The van der Waals surface area contributed by atoms with Crippen molar-refractivity contribution in [2.45, 2.75) is 6.42 Å². The van der Waals surface area contributed by atoms with Crippen LogP contribution in [0.4, 0.5) is 0 Å². The Morgan fingerprint density at radius 3 is 2.94 bits per heavy atom. The summed E-state index contributed by atoms with van der Waals surface area (Å²) in [4.78, 5) is 22.2. The van der Waals surface area contributed by atoms with Crippen molar-refractivity contribution in [2.75, 3.05) is 6.54 Å². The van der Waals surface area contributed by atoms with E-state index in [-0.39, 0.29) is 5.91 Å². The molecule has 0 bridgehead atoms. The van der Waals surface area contributed by atoms with Crippen molar-refractivity contribution in [1.29, 1.82) is 0 Å². The number of carbonyl (C=O) groups is 1. The van der Waals surface area contributed by atoms with Crippen LogP contribution in [0, 0.1) is 0 Å². The highest BCUT2D eigenvalue weighted by Gasteiger charge is 1.96. The molecule has 0 aromatic carbocycles. The monoisotopic (exact) mass is 242 g/mol. The average molecular weight is 242 g/mol. The first-order valence-electron chi connectivity index (χ1n) is 5.68. The summed E-state index contributed by atoms with van der Waals surface area (Å²) < 4.78 is 0. The molecule has 2 rings (SSSR count). The zero-order chi connectivity index (χ0) is 12.6. The largest absolute Gasteiger partial charge is 0.352 e. The van der Waals surface area contributed by atoms with E-state index in [1.54, 1.807) is 31.0 Å². The van der Waals surface area contributed by atoms with E-state index in [9.17, 15) is 4.79 Å². The minimum absolute atomic E-state index is 0.118. The number of aromatic amines is 1. The number of aromatic nitrogens is 3. The molecular weight excluding hydrogens is 228 g/mol. The molecule has 2 aromatic rings. The summed E-state index contributed by atoms with van der Waals surface area (Å²) in [6.45, 7) is 0.605. The number of hydrogen-bond acceptors (Lipinski definition) is 3. The van der Waals surface area contributed by atoms with Crippen LogP contribution in [-0.4, -0.2) is 27.4 Å². The van der Waals surface area contributed by atoms with Gasteiger partial charge in [0.1, 0.15) is 0 Å². The summed E-state index contributed by atoms with van der Waals surface area (Å²) in [5, 5.41) is 2.81. The number of pyridine rings is 1. The van der Waals surface area contributed by atoms with Gasteiger partial charge in [-0.05, 0) is 30.2 Å². The molecule has 2 aromatic heterocycles. The molecular formula is C13H14N4O. The van der Waals surface area contributed by atoms with Crippen molar-refractivity contribution >= 4 is 12.0 Å². The van der Waals surface area contributed by atoms with Crippen LogP contribution < -0.4 is 5.32 Å². The third kappa shape index (κ3) is 3.86. The van der Waals surface area contributed by atoms with Crippen LogP contribution in [0.25, 0.3) is 6.08 Å². The van der Waals surface area contributed by atoms with Crippen molar-refractivity contribution < 1.29 is 4.79 Å². The molecule has 0 aliphatic carbocycles. The molecule has 0 spiro atoms. The van der Waals surface area contributed by atoms with Crippen LogP contribution in [-0.2, 0) is 11.2 Å². The van der Waals surface area contributed by atoms with Gasteiger partial charge in [-0.1, -0.05) is 0 Å². The van der Waals surface area contributed by atoms with Crippen LogP contribution in [0.5, 0.6) is 0 Å². The van der Waals surface area contributed by atoms with Gasteiger partial charge in [0.2, 0.25) is 5.91 Å². The summed E-state index contributed by atoms with van der Waals surface area (Å²) in [6.07, 6.45) is 10.7.